The molecule has 1 atom stereocenters. The Hall–Kier alpha value is -2.43. The molecule has 0 radical (unpaired) electrons. The SMILES string of the molecule is O=C(NC(c1ccccc1)c1ccncc1)c1cc(Cl)nc(Cl)c1. The molecule has 1 unspecified atom stereocenters. The Kier molecular flexibility index (Phi) is 5.08. The van der Waals surface area contributed by atoms with E-state index in [0.717, 1.165) is 11.1 Å². The molecule has 0 bridgehead atoms. The van der Waals surface area contributed by atoms with Gasteiger partial charge >= 0.3 is 0 Å². The Morgan fingerprint density at radius 2 is 1.50 bits per heavy atom. The maximum absolute atomic E-state index is 12.6. The maximum atomic E-state index is 12.6. The van der Waals surface area contributed by atoms with Gasteiger partial charge in [-0.15, -0.1) is 0 Å². The highest BCUT2D eigenvalue weighted by Gasteiger charge is 2.18. The lowest BCUT2D eigenvalue weighted by molar-refractivity contribution is 0.0943. The number of nitrogens with zero attached hydrogens (tertiary/aromatic N) is 2. The van der Waals surface area contributed by atoms with Crippen LogP contribution in [0.3, 0.4) is 0 Å². The van der Waals surface area contributed by atoms with Gasteiger partial charge in [0.1, 0.15) is 10.3 Å². The molecule has 2 aromatic heterocycles. The minimum absolute atomic E-state index is 0.174. The minimum Gasteiger partial charge on any atom is -0.341 e. The van der Waals surface area contributed by atoms with Gasteiger partial charge in [-0.1, -0.05) is 53.5 Å². The van der Waals surface area contributed by atoms with E-state index in [1.54, 1.807) is 12.4 Å². The van der Waals surface area contributed by atoms with Crippen LogP contribution in [0.5, 0.6) is 0 Å². The van der Waals surface area contributed by atoms with E-state index < -0.39 is 0 Å². The number of hydrogen-bond acceptors (Lipinski definition) is 3. The molecule has 0 saturated heterocycles. The maximum Gasteiger partial charge on any atom is 0.252 e. The highest BCUT2D eigenvalue weighted by atomic mass is 35.5. The predicted octanol–water partition coefficient (Wildman–Crippen LogP) is 4.30. The molecule has 0 aliphatic heterocycles. The second-order valence-corrected chi connectivity index (χ2v) is 5.87. The number of hydrogen-bond donors (Lipinski definition) is 1. The molecule has 0 aliphatic carbocycles. The predicted molar refractivity (Wildman–Crippen MR) is 94.2 cm³/mol. The fourth-order valence-corrected chi connectivity index (χ4v) is 2.83. The van der Waals surface area contributed by atoms with Crippen molar-refractivity contribution in [1.29, 1.82) is 0 Å². The Labute approximate surface area is 149 Å². The molecule has 24 heavy (non-hydrogen) atoms. The molecule has 120 valence electrons. The molecule has 0 fully saturated rings. The van der Waals surface area contributed by atoms with E-state index in [2.05, 4.69) is 15.3 Å². The summed E-state index contributed by atoms with van der Waals surface area (Å²) < 4.78 is 0. The third kappa shape index (κ3) is 3.91. The Bertz CT molecular complexity index is 782. The quantitative estimate of drug-likeness (QED) is 0.708. The van der Waals surface area contributed by atoms with Gasteiger partial charge in [-0.05, 0) is 35.4 Å². The summed E-state index contributed by atoms with van der Waals surface area (Å²) in [5.41, 5.74) is 2.24. The van der Waals surface area contributed by atoms with Crippen molar-refractivity contribution in [1.82, 2.24) is 15.3 Å². The average Bonchev–Trinajstić information content (AvgIpc) is 2.60. The Morgan fingerprint density at radius 1 is 0.917 bits per heavy atom. The lowest BCUT2D eigenvalue weighted by Crippen LogP contribution is -2.29. The van der Waals surface area contributed by atoms with Crippen molar-refractivity contribution in [2.75, 3.05) is 0 Å². The molecule has 3 rings (SSSR count). The largest absolute Gasteiger partial charge is 0.341 e. The van der Waals surface area contributed by atoms with Gasteiger partial charge in [0.2, 0.25) is 0 Å². The van der Waals surface area contributed by atoms with E-state index in [-0.39, 0.29) is 22.3 Å². The van der Waals surface area contributed by atoms with Crippen LogP contribution in [0.2, 0.25) is 10.3 Å². The number of pyridine rings is 2. The second-order valence-electron chi connectivity index (χ2n) is 5.10. The van der Waals surface area contributed by atoms with Crippen molar-refractivity contribution >= 4 is 29.1 Å². The number of carbonyl (C=O) groups excluding carboxylic acids is 1. The van der Waals surface area contributed by atoms with Crippen LogP contribution in [0.4, 0.5) is 0 Å². The lowest BCUT2D eigenvalue weighted by atomic mass is 9.99. The van der Waals surface area contributed by atoms with Crippen LogP contribution in [0.1, 0.15) is 27.5 Å². The molecule has 2 heterocycles. The minimum atomic E-state index is -0.313. The first-order valence-electron chi connectivity index (χ1n) is 7.22. The van der Waals surface area contributed by atoms with Gasteiger partial charge in [0.15, 0.2) is 0 Å². The smallest absolute Gasteiger partial charge is 0.252 e. The zero-order valence-electron chi connectivity index (χ0n) is 12.5. The van der Waals surface area contributed by atoms with Crippen LogP contribution >= 0.6 is 23.2 Å². The second kappa shape index (κ2) is 7.43. The van der Waals surface area contributed by atoms with E-state index in [4.69, 9.17) is 23.2 Å². The van der Waals surface area contributed by atoms with Crippen molar-refractivity contribution in [2.24, 2.45) is 0 Å². The molecule has 4 nitrogen and oxygen atoms in total. The van der Waals surface area contributed by atoms with E-state index in [1.165, 1.54) is 12.1 Å². The summed E-state index contributed by atoms with van der Waals surface area (Å²) in [7, 11) is 0. The molecule has 3 aromatic rings. The van der Waals surface area contributed by atoms with Crippen molar-refractivity contribution in [3.8, 4) is 0 Å². The highest BCUT2D eigenvalue weighted by Crippen LogP contribution is 2.23. The first-order chi connectivity index (χ1) is 11.6. The molecule has 0 spiro atoms. The van der Waals surface area contributed by atoms with Gasteiger partial charge < -0.3 is 5.32 Å². The fourth-order valence-electron chi connectivity index (χ4n) is 2.37. The lowest BCUT2D eigenvalue weighted by Gasteiger charge is -2.20. The normalized spacial score (nSPS) is 11.8. The number of halogens is 2. The van der Waals surface area contributed by atoms with E-state index in [0.29, 0.717) is 5.56 Å². The van der Waals surface area contributed by atoms with Crippen LogP contribution in [-0.2, 0) is 0 Å². The molecule has 1 amide bonds. The van der Waals surface area contributed by atoms with E-state index in [1.807, 2.05) is 42.5 Å². The van der Waals surface area contributed by atoms with E-state index in [9.17, 15) is 4.79 Å². The monoisotopic (exact) mass is 357 g/mol. The Morgan fingerprint density at radius 3 is 2.12 bits per heavy atom. The van der Waals surface area contributed by atoms with Gasteiger partial charge in [-0.3, -0.25) is 9.78 Å². The van der Waals surface area contributed by atoms with Crippen LogP contribution in [0, 0.1) is 0 Å². The van der Waals surface area contributed by atoms with Crippen LogP contribution in [0.15, 0.2) is 67.0 Å². The van der Waals surface area contributed by atoms with Gasteiger partial charge in [-0.2, -0.15) is 0 Å². The average molecular weight is 358 g/mol. The molecule has 6 heteroatoms. The van der Waals surface area contributed by atoms with Crippen molar-refractivity contribution in [3.63, 3.8) is 0 Å². The van der Waals surface area contributed by atoms with Crippen LogP contribution < -0.4 is 5.32 Å². The highest BCUT2D eigenvalue weighted by molar-refractivity contribution is 6.33. The third-order valence-electron chi connectivity index (χ3n) is 3.47. The molecule has 1 N–H and O–H groups in total. The zero-order valence-corrected chi connectivity index (χ0v) is 14.0. The molecular formula is C18H13Cl2N3O. The molecule has 0 saturated carbocycles. The third-order valence-corrected chi connectivity index (χ3v) is 3.86. The molecular weight excluding hydrogens is 345 g/mol. The number of benzene rings is 1. The van der Waals surface area contributed by atoms with Crippen molar-refractivity contribution in [3.05, 3.63) is 94.0 Å². The summed E-state index contributed by atoms with van der Waals surface area (Å²) in [5, 5.41) is 3.36. The number of amides is 1. The number of aromatic nitrogens is 2. The summed E-state index contributed by atoms with van der Waals surface area (Å²) in [4.78, 5) is 20.5. The number of carbonyl (C=O) groups is 1. The van der Waals surface area contributed by atoms with Gasteiger partial charge in [-0.25, -0.2) is 4.98 Å². The summed E-state index contributed by atoms with van der Waals surface area (Å²) in [5.74, 6) is -0.285. The topological polar surface area (TPSA) is 54.9 Å². The fraction of sp³-hybridized carbons (Fsp3) is 0.0556. The van der Waals surface area contributed by atoms with Gasteiger partial charge in [0.25, 0.3) is 5.91 Å². The molecule has 1 aromatic carbocycles. The first-order valence-corrected chi connectivity index (χ1v) is 7.98. The van der Waals surface area contributed by atoms with Crippen LogP contribution in [-0.4, -0.2) is 15.9 Å². The van der Waals surface area contributed by atoms with Crippen molar-refractivity contribution < 1.29 is 4.79 Å². The zero-order chi connectivity index (χ0) is 16.9. The first kappa shape index (κ1) is 16.4. The Balaban J connectivity index is 1.93. The number of rotatable bonds is 4. The van der Waals surface area contributed by atoms with Crippen molar-refractivity contribution in [2.45, 2.75) is 6.04 Å². The van der Waals surface area contributed by atoms with Gasteiger partial charge in [0, 0.05) is 18.0 Å². The van der Waals surface area contributed by atoms with Crippen LogP contribution in [0.25, 0.3) is 0 Å². The molecule has 0 aliphatic rings. The standard InChI is InChI=1S/C18H13Cl2N3O/c19-15-10-14(11-16(20)22-15)18(24)23-17(12-4-2-1-3-5-12)13-6-8-21-9-7-13/h1-11,17H,(H,23,24). The van der Waals surface area contributed by atoms with E-state index >= 15 is 0 Å². The summed E-state index contributed by atoms with van der Waals surface area (Å²) in [6.07, 6.45) is 3.38. The van der Waals surface area contributed by atoms with Gasteiger partial charge in [0.05, 0.1) is 6.04 Å². The summed E-state index contributed by atoms with van der Waals surface area (Å²) in [6, 6.07) is 16.1. The summed E-state index contributed by atoms with van der Waals surface area (Å²) in [6.45, 7) is 0. The number of nitrogens with one attached hydrogen (secondary N) is 1. The summed E-state index contributed by atoms with van der Waals surface area (Å²) >= 11 is 11.8.